The molecule has 0 spiro atoms. The average Bonchev–Trinajstić information content (AvgIpc) is 3.62. The van der Waals surface area contributed by atoms with Crippen molar-refractivity contribution in [2.75, 3.05) is 14.2 Å². The molecule has 52 heavy (non-hydrogen) atoms. The van der Waals surface area contributed by atoms with Crippen LogP contribution in [-0.2, 0) is 26.3 Å². The molecule has 6 aromatic rings. The van der Waals surface area contributed by atoms with Crippen LogP contribution in [0.1, 0.15) is 45.5 Å². The molecule has 0 aliphatic carbocycles. The molecule has 10 heteroatoms. The Kier molecular flexibility index (Phi) is 16.8. The number of amides is 2. The number of nitrogens with zero attached hydrogens (tertiary/aromatic N) is 1. The number of aromatic amines is 1. The number of aldehydes is 2. The average molecular weight is 700 g/mol. The SMILES string of the molecule is CNC(c1ccccc1)(c1ccccc1)c1ccccc1.CO.NC(=O)C(Cc1c[nH]c2ccccc12)NC(=O)c1ccncc1.O=CCCC=O. The van der Waals surface area contributed by atoms with Crippen molar-refractivity contribution in [1.82, 2.24) is 20.6 Å². The summed E-state index contributed by atoms with van der Waals surface area (Å²) in [6.07, 6.45) is 7.40. The topological polar surface area (TPSA) is 167 Å². The minimum Gasteiger partial charge on any atom is -0.400 e. The number of benzene rings is 4. The molecule has 1 atom stereocenters. The van der Waals surface area contributed by atoms with Gasteiger partial charge in [0.05, 0.1) is 5.54 Å². The molecule has 0 bridgehead atoms. The van der Waals surface area contributed by atoms with Gasteiger partial charge in [-0.1, -0.05) is 109 Å². The lowest BCUT2D eigenvalue weighted by atomic mass is 9.77. The number of fused-ring (bicyclic) bond motifs is 1. The first kappa shape index (κ1) is 40.2. The normalized spacial score (nSPS) is 10.8. The van der Waals surface area contributed by atoms with Gasteiger partial charge < -0.3 is 36.0 Å². The van der Waals surface area contributed by atoms with E-state index in [-0.39, 0.29) is 11.4 Å². The maximum absolute atomic E-state index is 12.2. The summed E-state index contributed by atoms with van der Waals surface area (Å²) >= 11 is 0. The van der Waals surface area contributed by atoms with E-state index in [1.54, 1.807) is 12.1 Å². The molecular weight excluding hydrogens is 654 g/mol. The van der Waals surface area contributed by atoms with Crippen LogP contribution in [-0.4, -0.2) is 59.7 Å². The number of pyridine rings is 1. The fraction of sp³-hybridized carbons (Fsp3) is 0.167. The number of nitrogens with two attached hydrogens (primary N) is 1. The summed E-state index contributed by atoms with van der Waals surface area (Å²) in [7, 11) is 3.02. The van der Waals surface area contributed by atoms with Gasteiger partial charge in [-0.2, -0.15) is 0 Å². The quantitative estimate of drug-likeness (QED) is 0.0651. The van der Waals surface area contributed by atoms with Crippen LogP contribution in [0.25, 0.3) is 10.9 Å². The van der Waals surface area contributed by atoms with Crippen LogP contribution in [0.5, 0.6) is 0 Å². The third kappa shape index (κ3) is 10.9. The number of unbranched alkanes of at least 4 members (excludes halogenated alkanes) is 1. The summed E-state index contributed by atoms with van der Waals surface area (Å²) in [6, 6.07) is 41.9. The summed E-state index contributed by atoms with van der Waals surface area (Å²) in [6.45, 7) is 0. The number of carbonyl (C=O) groups excluding carboxylic acids is 4. The molecule has 4 aromatic carbocycles. The standard InChI is InChI=1S/C20H19N.C17H16N4O2.C4H6O2.CH4O/c1-21-20(17-11-5-2-6-12-17,18-13-7-3-8-14-18)19-15-9-4-10-16-19;18-16(22)15(21-17(23)11-5-7-19-8-6-11)9-12-10-20-14-4-2-1-3-13(12)14;5-3-1-2-4-6;1-2/h2-16,21H,1H3;1-8,10,15,20H,9H2,(H2,18,22)(H,21,23);3-4H,1-2H2;2H,1H3. The molecule has 2 aromatic heterocycles. The zero-order chi connectivity index (χ0) is 37.6. The lowest BCUT2D eigenvalue weighted by molar-refractivity contribution is -0.119. The Labute approximate surface area is 304 Å². The van der Waals surface area contributed by atoms with Crippen molar-refractivity contribution in [2.45, 2.75) is 30.8 Å². The first-order chi connectivity index (χ1) is 25.4. The van der Waals surface area contributed by atoms with Crippen LogP contribution in [0.3, 0.4) is 0 Å². The summed E-state index contributed by atoms with van der Waals surface area (Å²) in [5, 5.41) is 14.3. The second-order valence-electron chi connectivity index (χ2n) is 11.2. The van der Waals surface area contributed by atoms with Crippen molar-refractivity contribution in [3.8, 4) is 0 Å². The minimum absolute atomic E-state index is 0.330. The van der Waals surface area contributed by atoms with Gasteiger partial charge in [0.15, 0.2) is 0 Å². The van der Waals surface area contributed by atoms with Gasteiger partial charge in [0, 0.05) is 61.4 Å². The molecule has 2 amide bonds. The van der Waals surface area contributed by atoms with Crippen molar-refractivity contribution in [3.05, 3.63) is 174 Å². The second-order valence-corrected chi connectivity index (χ2v) is 11.2. The van der Waals surface area contributed by atoms with E-state index in [1.807, 2.05) is 37.5 Å². The van der Waals surface area contributed by atoms with E-state index < -0.39 is 11.9 Å². The Morgan fingerprint density at radius 3 is 1.65 bits per heavy atom. The highest BCUT2D eigenvalue weighted by atomic mass is 16.2. The molecule has 1 unspecified atom stereocenters. The number of primary amides is 1. The first-order valence-corrected chi connectivity index (χ1v) is 16.7. The zero-order valence-corrected chi connectivity index (χ0v) is 29.3. The predicted octanol–water partition coefficient (Wildman–Crippen LogP) is 5.36. The van der Waals surface area contributed by atoms with Crippen molar-refractivity contribution in [3.63, 3.8) is 0 Å². The highest BCUT2D eigenvalue weighted by Crippen LogP contribution is 2.36. The number of hydrogen-bond acceptors (Lipinski definition) is 7. The highest BCUT2D eigenvalue weighted by molar-refractivity contribution is 5.97. The highest BCUT2D eigenvalue weighted by Gasteiger charge is 2.34. The Morgan fingerprint density at radius 2 is 1.21 bits per heavy atom. The van der Waals surface area contributed by atoms with Gasteiger partial charge in [0.1, 0.15) is 18.6 Å². The Balaban J connectivity index is 0.000000234. The van der Waals surface area contributed by atoms with Gasteiger partial charge in [-0.05, 0) is 47.5 Å². The second kappa shape index (κ2) is 21.8. The molecule has 268 valence electrons. The van der Waals surface area contributed by atoms with Gasteiger partial charge in [-0.25, -0.2) is 0 Å². The van der Waals surface area contributed by atoms with Gasteiger partial charge >= 0.3 is 0 Å². The van der Waals surface area contributed by atoms with Crippen LogP contribution < -0.4 is 16.4 Å². The van der Waals surface area contributed by atoms with Gasteiger partial charge in [0.2, 0.25) is 5.91 Å². The van der Waals surface area contributed by atoms with Gasteiger partial charge in [-0.15, -0.1) is 0 Å². The zero-order valence-electron chi connectivity index (χ0n) is 29.3. The number of para-hydroxylation sites is 1. The Bertz CT molecular complexity index is 1830. The lowest BCUT2D eigenvalue weighted by Gasteiger charge is -2.35. The fourth-order valence-electron chi connectivity index (χ4n) is 5.62. The summed E-state index contributed by atoms with van der Waals surface area (Å²) in [5.41, 5.74) is 11.2. The smallest absolute Gasteiger partial charge is 0.252 e. The molecule has 0 radical (unpaired) electrons. The maximum atomic E-state index is 12.2. The third-order valence-corrected chi connectivity index (χ3v) is 8.09. The molecule has 0 aliphatic rings. The largest absolute Gasteiger partial charge is 0.400 e. The molecule has 6 rings (SSSR count). The van der Waals surface area contributed by atoms with Gasteiger partial charge in [-0.3, -0.25) is 14.6 Å². The van der Waals surface area contributed by atoms with Crippen molar-refractivity contribution >= 4 is 35.3 Å². The molecule has 0 saturated heterocycles. The summed E-state index contributed by atoms with van der Waals surface area (Å²) in [4.78, 5) is 49.7. The molecule has 0 fully saturated rings. The molecule has 2 heterocycles. The summed E-state index contributed by atoms with van der Waals surface area (Å²) in [5.74, 6) is -0.922. The van der Waals surface area contributed by atoms with Crippen molar-refractivity contribution in [1.29, 1.82) is 0 Å². The van der Waals surface area contributed by atoms with E-state index in [0.717, 1.165) is 36.1 Å². The summed E-state index contributed by atoms with van der Waals surface area (Å²) < 4.78 is 0. The fourth-order valence-corrected chi connectivity index (χ4v) is 5.62. The van der Waals surface area contributed by atoms with Crippen molar-refractivity contribution in [2.24, 2.45) is 5.73 Å². The number of H-pyrrole nitrogens is 1. The Morgan fingerprint density at radius 1 is 0.750 bits per heavy atom. The van der Waals surface area contributed by atoms with E-state index in [1.165, 1.54) is 29.1 Å². The van der Waals surface area contributed by atoms with Crippen LogP contribution in [0.4, 0.5) is 0 Å². The van der Waals surface area contributed by atoms with Gasteiger partial charge in [0.25, 0.3) is 5.91 Å². The van der Waals surface area contributed by atoms with Crippen LogP contribution >= 0.6 is 0 Å². The van der Waals surface area contributed by atoms with Crippen LogP contribution in [0.15, 0.2) is 146 Å². The van der Waals surface area contributed by atoms with E-state index in [4.69, 9.17) is 10.8 Å². The molecule has 6 N–H and O–H groups in total. The third-order valence-electron chi connectivity index (χ3n) is 8.09. The van der Waals surface area contributed by atoms with E-state index in [9.17, 15) is 19.2 Å². The number of nitrogens with one attached hydrogen (secondary N) is 3. The number of hydrogen-bond donors (Lipinski definition) is 5. The molecule has 0 saturated carbocycles. The lowest BCUT2D eigenvalue weighted by Crippen LogP contribution is -2.45. The molecular formula is C42H45N5O5. The molecule has 10 nitrogen and oxygen atoms in total. The van der Waals surface area contributed by atoms with Crippen LogP contribution in [0.2, 0.25) is 0 Å². The monoisotopic (exact) mass is 699 g/mol. The first-order valence-electron chi connectivity index (χ1n) is 16.7. The number of rotatable bonds is 12. The van der Waals surface area contributed by atoms with Crippen molar-refractivity contribution < 1.29 is 24.3 Å². The number of aromatic nitrogens is 2. The van der Waals surface area contributed by atoms with Crippen LogP contribution in [0, 0.1) is 0 Å². The number of aliphatic hydroxyl groups excluding tert-OH is 1. The maximum Gasteiger partial charge on any atom is 0.252 e. The Hall–Kier alpha value is -6.23. The molecule has 0 aliphatic heterocycles. The number of aliphatic hydroxyl groups is 1. The minimum atomic E-state index is -0.783. The predicted molar refractivity (Wildman–Crippen MR) is 204 cm³/mol. The van der Waals surface area contributed by atoms with E-state index in [2.05, 4.69) is 112 Å². The van der Waals surface area contributed by atoms with E-state index >= 15 is 0 Å². The number of carbonyl (C=O) groups is 4. The van der Waals surface area contributed by atoms with E-state index in [0.29, 0.717) is 24.8 Å².